The standard InChI is InChI=1S/C45H51N3O5S/c1-28-41(27-54-40-15-13-39(14-16-40)47-29(2)50)52-43(53-42(28)35-11-9-30(26-49)10-12-35)38-8-4-7-37(21-38)36-6-3-5-31(20-36)25-46-44(51)48-45-22-32-17-33(23-45)19-34(18-32)24-45/h3-16,20-21,28,32-34,41-43,49H,17-19,22-27H2,1-2H3,(H,47,50)(H2,46,48,51)/t28-,32?,33?,34?,41+,42+,43+,45?/m0/s1. The fourth-order valence-electron chi connectivity index (χ4n) is 9.78. The quantitative estimate of drug-likeness (QED) is 0.114. The average Bonchev–Trinajstić information content (AvgIpc) is 3.16. The number of hydrogen-bond donors (Lipinski definition) is 4. The highest BCUT2D eigenvalue weighted by Gasteiger charge is 2.51. The molecule has 282 valence electrons. The molecule has 1 saturated heterocycles. The van der Waals surface area contributed by atoms with Gasteiger partial charge in [0.05, 0.1) is 18.8 Å². The van der Waals surface area contributed by atoms with Gasteiger partial charge in [-0.3, -0.25) is 4.79 Å². The Labute approximate surface area is 322 Å². The number of ether oxygens (including phenoxy) is 2. The molecule has 4 aromatic carbocycles. The number of amides is 3. The zero-order valence-electron chi connectivity index (χ0n) is 31.1. The lowest BCUT2D eigenvalue weighted by Crippen LogP contribution is -2.61. The van der Waals surface area contributed by atoms with Crippen LogP contribution in [0.25, 0.3) is 11.1 Å². The van der Waals surface area contributed by atoms with Crippen molar-refractivity contribution < 1.29 is 24.2 Å². The fraction of sp³-hybridized carbons (Fsp3) is 0.422. The molecule has 0 unspecified atom stereocenters. The van der Waals surface area contributed by atoms with Crippen LogP contribution in [-0.2, 0) is 27.4 Å². The third-order valence-corrected chi connectivity index (χ3v) is 13.1. The molecule has 9 heteroatoms. The molecule has 5 aliphatic rings. The maximum Gasteiger partial charge on any atom is 0.315 e. The molecule has 1 aliphatic heterocycles. The summed E-state index contributed by atoms with van der Waals surface area (Å²) in [7, 11) is 0. The maximum atomic E-state index is 13.2. The first-order valence-electron chi connectivity index (χ1n) is 19.5. The molecule has 3 amide bonds. The lowest BCUT2D eigenvalue weighted by Gasteiger charge is -2.56. The molecule has 4 atom stereocenters. The first-order chi connectivity index (χ1) is 26.2. The van der Waals surface area contributed by atoms with E-state index in [9.17, 15) is 14.7 Å². The van der Waals surface area contributed by atoms with Crippen LogP contribution < -0.4 is 16.0 Å². The van der Waals surface area contributed by atoms with E-state index in [2.05, 4.69) is 59.3 Å². The molecular formula is C45H51N3O5S. The summed E-state index contributed by atoms with van der Waals surface area (Å²) < 4.78 is 13.5. The summed E-state index contributed by atoms with van der Waals surface area (Å²) in [5.41, 5.74) is 6.76. The Morgan fingerprint density at radius 1 is 0.796 bits per heavy atom. The van der Waals surface area contributed by atoms with Crippen molar-refractivity contribution in [3.05, 3.63) is 119 Å². The number of aliphatic hydroxyl groups is 1. The lowest BCUT2D eigenvalue weighted by atomic mass is 9.53. The molecule has 4 saturated carbocycles. The van der Waals surface area contributed by atoms with Gasteiger partial charge in [-0.1, -0.05) is 67.6 Å². The minimum absolute atomic E-state index is 0.00776. The number of carbonyl (C=O) groups is 2. The molecule has 5 fully saturated rings. The van der Waals surface area contributed by atoms with Crippen molar-refractivity contribution in [2.24, 2.45) is 23.7 Å². The van der Waals surface area contributed by atoms with E-state index in [0.29, 0.717) is 6.54 Å². The van der Waals surface area contributed by atoms with Crippen LogP contribution in [0.2, 0.25) is 0 Å². The van der Waals surface area contributed by atoms with Crippen molar-refractivity contribution in [2.75, 3.05) is 11.1 Å². The number of hydrogen-bond acceptors (Lipinski definition) is 6. The fourth-order valence-corrected chi connectivity index (χ4v) is 10.9. The highest BCUT2D eigenvalue weighted by Crippen LogP contribution is 2.55. The van der Waals surface area contributed by atoms with Crippen LogP contribution in [-0.4, -0.2) is 34.4 Å². The Balaban J connectivity index is 0.960. The molecule has 0 radical (unpaired) electrons. The van der Waals surface area contributed by atoms with Gasteiger partial charge in [-0.05, 0) is 120 Å². The third-order valence-electron chi connectivity index (χ3n) is 12.0. The number of benzene rings is 4. The minimum Gasteiger partial charge on any atom is -0.392 e. The SMILES string of the molecule is CC(=O)Nc1ccc(SC[C@H]2O[C@@H](c3cccc(-c4cccc(CNC(=O)NC56CC7CC(CC(C7)C5)C6)c4)c3)O[C@@H](c3ccc(CO)cc3)[C@H]2C)cc1. The Morgan fingerprint density at radius 2 is 1.46 bits per heavy atom. The minimum atomic E-state index is -0.588. The predicted octanol–water partition coefficient (Wildman–Crippen LogP) is 9.16. The van der Waals surface area contributed by atoms with Crippen LogP contribution in [0.3, 0.4) is 0 Å². The number of urea groups is 1. The summed E-state index contributed by atoms with van der Waals surface area (Å²) in [6.45, 7) is 4.13. The van der Waals surface area contributed by atoms with Gasteiger partial charge in [0.2, 0.25) is 5.91 Å². The van der Waals surface area contributed by atoms with Gasteiger partial charge in [0, 0.05) is 46.8 Å². The molecule has 8 nitrogen and oxygen atoms in total. The summed E-state index contributed by atoms with van der Waals surface area (Å²) >= 11 is 1.72. The van der Waals surface area contributed by atoms with Crippen molar-refractivity contribution in [3.63, 3.8) is 0 Å². The summed E-state index contributed by atoms with van der Waals surface area (Å²) in [5, 5.41) is 19.1. The topological polar surface area (TPSA) is 109 Å². The van der Waals surface area contributed by atoms with Crippen LogP contribution in [0.4, 0.5) is 10.5 Å². The van der Waals surface area contributed by atoms with Gasteiger partial charge < -0.3 is 30.5 Å². The van der Waals surface area contributed by atoms with Crippen molar-refractivity contribution in [3.8, 4) is 11.1 Å². The molecule has 4 N–H and O–H groups in total. The summed E-state index contributed by atoms with van der Waals surface area (Å²) in [5.74, 6) is 3.03. The van der Waals surface area contributed by atoms with E-state index in [0.717, 1.165) is 86.7 Å². The molecule has 9 rings (SSSR count). The maximum absolute atomic E-state index is 13.2. The Bertz CT molecular complexity index is 1910. The van der Waals surface area contributed by atoms with Gasteiger partial charge in [0.15, 0.2) is 6.29 Å². The van der Waals surface area contributed by atoms with E-state index in [1.807, 2.05) is 60.7 Å². The predicted molar refractivity (Wildman–Crippen MR) is 213 cm³/mol. The van der Waals surface area contributed by atoms with Gasteiger partial charge in [-0.2, -0.15) is 0 Å². The number of thioether (sulfide) groups is 1. The van der Waals surface area contributed by atoms with Gasteiger partial charge in [-0.15, -0.1) is 11.8 Å². The number of rotatable bonds is 11. The number of anilines is 1. The van der Waals surface area contributed by atoms with Crippen molar-refractivity contribution >= 4 is 29.4 Å². The van der Waals surface area contributed by atoms with Crippen LogP contribution in [0.15, 0.2) is 102 Å². The first-order valence-corrected chi connectivity index (χ1v) is 20.5. The van der Waals surface area contributed by atoms with E-state index in [-0.39, 0.29) is 42.2 Å². The Hall–Kier alpha value is -4.15. The van der Waals surface area contributed by atoms with Gasteiger partial charge >= 0.3 is 6.03 Å². The number of aliphatic hydroxyl groups excluding tert-OH is 1. The van der Waals surface area contributed by atoms with Crippen molar-refractivity contribution in [1.29, 1.82) is 0 Å². The van der Waals surface area contributed by atoms with Crippen LogP contribution >= 0.6 is 11.8 Å². The van der Waals surface area contributed by atoms with E-state index >= 15 is 0 Å². The molecule has 1 heterocycles. The number of carbonyl (C=O) groups excluding carboxylic acids is 2. The van der Waals surface area contributed by atoms with E-state index in [1.54, 1.807) is 11.8 Å². The first kappa shape index (κ1) is 36.8. The smallest absolute Gasteiger partial charge is 0.315 e. The van der Waals surface area contributed by atoms with Gasteiger partial charge in [0.1, 0.15) is 0 Å². The van der Waals surface area contributed by atoms with E-state index < -0.39 is 6.29 Å². The van der Waals surface area contributed by atoms with E-state index in [1.165, 1.54) is 26.2 Å². The molecule has 0 spiro atoms. The van der Waals surface area contributed by atoms with Gasteiger partial charge in [-0.25, -0.2) is 4.79 Å². The highest BCUT2D eigenvalue weighted by atomic mass is 32.2. The van der Waals surface area contributed by atoms with Crippen LogP contribution in [0, 0.1) is 23.7 Å². The molecule has 4 bridgehead atoms. The summed E-state index contributed by atoms with van der Waals surface area (Å²) in [6.07, 6.45) is 6.55. The lowest BCUT2D eigenvalue weighted by molar-refractivity contribution is -0.268. The molecule has 4 aromatic rings. The second-order valence-corrected chi connectivity index (χ2v) is 17.3. The monoisotopic (exact) mass is 745 g/mol. The molecule has 0 aromatic heterocycles. The average molecular weight is 746 g/mol. The second-order valence-electron chi connectivity index (χ2n) is 16.2. The molecular weight excluding hydrogens is 695 g/mol. The molecule has 54 heavy (non-hydrogen) atoms. The molecule has 4 aliphatic carbocycles. The highest BCUT2D eigenvalue weighted by molar-refractivity contribution is 7.99. The van der Waals surface area contributed by atoms with Crippen LogP contribution in [0.1, 0.15) is 87.0 Å². The Kier molecular flexibility index (Phi) is 10.8. The Morgan fingerprint density at radius 3 is 2.13 bits per heavy atom. The zero-order chi connectivity index (χ0) is 37.2. The van der Waals surface area contributed by atoms with Crippen molar-refractivity contribution in [1.82, 2.24) is 10.6 Å². The van der Waals surface area contributed by atoms with Crippen LogP contribution in [0.5, 0.6) is 0 Å². The largest absolute Gasteiger partial charge is 0.392 e. The van der Waals surface area contributed by atoms with Crippen molar-refractivity contribution in [2.45, 2.75) is 94.5 Å². The summed E-state index contributed by atoms with van der Waals surface area (Å²) in [6, 6.07) is 32.5. The van der Waals surface area contributed by atoms with Gasteiger partial charge in [0.25, 0.3) is 0 Å². The second kappa shape index (κ2) is 15.9. The third kappa shape index (κ3) is 8.40. The normalized spacial score (nSPS) is 28.4. The van der Waals surface area contributed by atoms with E-state index in [4.69, 9.17) is 9.47 Å². The zero-order valence-corrected chi connectivity index (χ0v) is 31.9. The number of nitrogens with one attached hydrogen (secondary N) is 3. The summed E-state index contributed by atoms with van der Waals surface area (Å²) in [4.78, 5) is 25.8.